The summed E-state index contributed by atoms with van der Waals surface area (Å²) in [6.45, 7) is 8.28. The Bertz CT molecular complexity index is 647. The lowest BCUT2D eigenvalue weighted by molar-refractivity contribution is -0.138. The maximum Gasteiger partial charge on any atom is 0.232 e. The number of benzene rings is 1. The van der Waals surface area contributed by atoms with Crippen molar-refractivity contribution in [3.8, 4) is 0 Å². The minimum atomic E-state index is -2.99. The van der Waals surface area contributed by atoms with E-state index in [1.54, 1.807) is 4.90 Å². The molecule has 1 aliphatic rings. The fourth-order valence-corrected chi connectivity index (χ4v) is 4.77. The molecule has 1 unspecified atom stereocenters. The normalized spacial score (nSPS) is 20.8. The third-order valence-electron chi connectivity index (χ3n) is 4.56. The van der Waals surface area contributed by atoms with E-state index in [4.69, 9.17) is 0 Å². The second-order valence-electron chi connectivity index (χ2n) is 6.64. The highest BCUT2D eigenvalue weighted by molar-refractivity contribution is 7.91. The summed E-state index contributed by atoms with van der Waals surface area (Å²) in [6, 6.07) is 7.77. The Kier molecular flexibility index (Phi) is 4.66. The van der Waals surface area contributed by atoms with Gasteiger partial charge in [0.1, 0.15) is 0 Å². The van der Waals surface area contributed by atoms with E-state index in [0.29, 0.717) is 13.0 Å². The molecular weight excluding hydrogens is 298 g/mol. The Hall–Kier alpha value is -1.36. The molecule has 1 saturated heterocycles. The topological polar surface area (TPSA) is 54.5 Å². The summed E-state index contributed by atoms with van der Waals surface area (Å²) in [7, 11) is -2.99. The van der Waals surface area contributed by atoms with Crippen molar-refractivity contribution in [3.05, 3.63) is 35.4 Å². The van der Waals surface area contributed by atoms with Gasteiger partial charge in [-0.05, 0) is 39.7 Å². The molecule has 4 nitrogen and oxygen atoms in total. The summed E-state index contributed by atoms with van der Waals surface area (Å²) >= 11 is 0. The monoisotopic (exact) mass is 323 g/mol. The first kappa shape index (κ1) is 17.0. The number of likely N-dealkylation sites (N-methyl/N-ethyl adjacent to an activating group) is 1. The maximum absolute atomic E-state index is 13.0. The van der Waals surface area contributed by atoms with Crippen molar-refractivity contribution < 1.29 is 13.2 Å². The number of carbonyl (C=O) groups excluding carboxylic acids is 1. The molecule has 0 aromatic heterocycles. The second-order valence-corrected chi connectivity index (χ2v) is 8.87. The van der Waals surface area contributed by atoms with Crippen molar-refractivity contribution in [3.63, 3.8) is 0 Å². The predicted octanol–water partition coefficient (Wildman–Crippen LogP) is 2.31. The van der Waals surface area contributed by atoms with Crippen LogP contribution in [0.5, 0.6) is 0 Å². The largest absolute Gasteiger partial charge is 0.338 e. The number of nitrogens with zero attached hydrogens (tertiary/aromatic N) is 1. The summed E-state index contributed by atoms with van der Waals surface area (Å²) in [4.78, 5) is 14.8. The van der Waals surface area contributed by atoms with Crippen molar-refractivity contribution in [2.45, 2.75) is 45.6 Å². The predicted molar refractivity (Wildman–Crippen MR) is 88.7 cm³/mol. The smallest absolute Gasteiger partial charge is 0.232 e. The zero-order valence-electron chi connectivity index (χ0n) is 13.8. The third-order valence-corrected chi connectivity index (χ3v) is 6.31. The molecule has 22 heavy (non-hydrogen) atoms. The van der Waals surface area contributed by atoms with Crippen molar-refractivity contribution in [1.82, 2.24) is 4.90 Å². The fraction of sp³-hybridized carbons (Fsp3) is 0.588. The van der Waals surface area contributed by atoms with Crippen LogP contribution in [-0.2, 0) is 20.0 Å². The van der Waals surface area contributed by atoms with E-state index in [-0.39, 0.29) is 23.5 Å². The standard InChI is InChI=1S/C17H25NO3S/c1-5-18(15-10-11-22(20,21)12-15)16(19)17(3,4)14-8-6-13(2)7-9-14/h6-9,15H,5,10-12H2,1-4H3. The molecule has 1 fully saturated rings. The van der Waals surface area contributed by atoms with Gasteiger partial charge in [-0.3, -0.25) is 4.79 Å². The molecule has 122 valence electrons. The van der Waals surface area contributed by atoms with Crippen LogP contribution < -0.4 is 0 Å². The molecule has 1 aromatic carbocycles. The quantitative estimate of drug-likeness (QED) is 0.854. The van der Waals surface area contributed by atoms with E-state index >= 15 is 0 Å². The van der Waals surface area contributed by atoms with Gasteiger partial charge in [0, 0.05) is 12.6 Å². The third kappa shape index (κ3) is 3.35. The number of hydrogen-bond donors (Lipinski definition) is 0. The molecular formula is C17H25NO3S. The molecule has 1 atom stereocenters. The van der Waals surface area contributed by atoms with E-state index < -0.39 is 15.3 Å². The van der Waals surface area contributed by atoms with Crippen LogP contribution in [0.1, 0.15) is 38.3 Å². The van der Waals surface area contributed by atoms with Crippen LogP contribution in [0.25, 0.3) is 0 Å². The second kappa shape index (κ2) is 6.03. The van der Waals surface area contributed by atoms with Gasteiger partial charge in [-0.2, -0.15) is 0 Å². The average Bonchev–Trinajstić information content (AvgIpc) is 2.80. The SMILES string of the molecule is CCN(C(=O)C(C)(C)c1ccc(C)cc1)C1CCS(=O)(=O)C1. The molecule has 1 aromatic rings. The van der Waals surface area contributed by atoms with Gasteiger partial charge in [-0.15, -0.1) is 0 Å². The summed E-state index contributed by atoms with van der Waals surface area (Å²) in [6.07, 6.45) is 0.548. The number of rotatable bonds is 4. The number of carbonyl (C=O) groups is 1. The molecule has 0 spiro atoms. The summed E-state index contributed by atoms with van der Waals surface area (Å²) < 4.78 is 23.4. The zero-order valence-corrected chi connectivity index (χ0v) is 14.6. The van der Waals surface area contributed by atoms with Gasteiger partial charge in [0.2, 0.25) is 5.91 Å². The Morgan fingerprint density at radius 1 is 1.27 bits per heavy atom. The number of sulfone groups is 1. The molecule has 0 radical (unpaired) electrons. The van der Waals surface area contributed by atoms with Crippen LogP contribution in [0.3, 0.4) is 0 Å². The molecule has 2 rings (SSSR count). The van der Waals surface area contributed by atoms with Crippen LogP contribution in [0.2, 0.25) is 0 Å². The van der Waals surface area contributed by atoms with Gasteiger partial charge in [-0.25, -0.2) is 8.42 Å². The molecule has 1 heterocycles. The maximum atomic E-state index is 13.0. The Morgan fingerprint density at radius 3 is 2.32 bits per heavy atom. The lowest BCUT2D eigenvalue weighted by Crippen LogP contribution is -2.49. The molecule has 1 amide bonds. The van der Waals surface area contributed by atoms with Crippen LogP contribution in [0, 0.1) is 6.92 Å². The summed E-state index contributed by atoms with van der Waals surface area (Å²) in [5, 5.41) is 0. The van der Waals surface area contributed by atoms with Gasteiger partial charge >= 0.3 is 0 Å². The summed E-state index contributed by atoms with van der Waals surface area (Å²) in [5.41, 5.74) is 1.46. The van der Waals surface area contributed by atoms with Crippen molar-refractivity contribution in [2.75, 3.05) is 18.1 Å². The summed E-state index contributed by atoms with van der Waals surface area (Å²) in [5.74, 6) is 0.282. The average molecular weight is 323 g/mol. The molecule has 1 aliphatic heterocycles. The van der Waals surface area contributed by atoms with Crippen LogP contribution in [-0.4, -0.2) is 43.3 Å². The van der Waals surface area contributed by atoms with Crippen LogP contribution >= 0.6 is 0 Å². The minimum absolute atomic E-state index is 0.000882. The molecule has 0 bridgehead atoms. The lowest BCUT2D eigenvalue weighted by atomic mass is 9.82. The van der Waals surface area contributed by atoms with Gasteiger partial charge in [-0.1, -0.05) is 29.8 Å². The van der Waals surface area contributed by atoms with Crippen molar-refractivity contribution in [2.24, 2.45) is 0 Å². The van der Waals surface area contributed by atoms with E-state index in [0.717, 1.165) is 11.1 Å². The van der Waals surface area contributed by atoms with Crippen LogP contribution in [0.15, 0.2) is 24.3 Å². The van der Waals surface area contributed by atoms with E-state index in [1.807, 2.05) is 52.0 Å². The first-order valence-electron chi connectivity index (χ1n) is 7.76. The first-order chi connectivity index (χ1) is 10.2. The van der Waals surface area contributed by atoms with E-state index in [2.05, 4.69) is 0 Å². The first-order valence-corrected chi connectivity index (χ1v) is 9.58. The Labute approximate surface area is 133 Å². The Morgan fingerprint density at radius 2 is 1.86 bits per heavy atom. The minimum Gasteiger partial charge on any atom is -0.338 e. The lowest BCUT2D eigenvalue weighted by Gasteiger charge is -2.35. The number of amides is 1. The Balaban J connectivity index is 2.25. The van der Waals surface area contributed by atoms with Crippen molar-refractivity contribution >= 4 is 15.7 Å². The van der Waals surface area contributed by atoms with Gasteiger partial charge in [0.15, 0.2) is 9.84 Å². The highest BCUT2D eigenvalue weighted by Gasteiger charge is 2.40. The zero-order chi connectivity index (χ0) is 16.5. The highest BCUT2D eigenvalue weighted by Crippen LogP contribution is 2.29. The van der Waals surface area contributed by atoms with E-state index in [9.17, 15) is 13.2 Å². The van der Waals surface area contributed by atoms with Gasteiger partial charge < -0.3 is 4.90 Å². The van der Waals surface area contributed by atoms with Crippen molar-refractivity contribution in [1.29, 1.82) is 0 Å². The molecule has 5 heteroatoms. The van der Waals surface area contributed by atoms with Crippen LogP contribution in [0.4, 0.5) is 0 Å². The molecule has 0 aliphatic carbocycles. The fourth-order valence-electron chi connectivity index (χ4n) is 3.04. The van der Waals surface area contributed by atoms with Gasteiger partial charge in [0.25, 0.3) is 0 Å². The number of hydrogen-bond acceptors (Lipinski definition) is 3. The number of aryl methyl sites for hydroxylation is 1. The van der Waals surface area contributed by atoms with Gasteiger partial charge in [0.05, 0.1) is 16.9 Å². The highest BCUT2D eigenvalue weighted by atomic mass is 32.2. The van der Waals surface area contributed by atoms with E-state index in [1.165, 1.54) is 0 Å². The molecule has 0 N–H and O–H groups in total. The molecule has 0 saturated carbocycles.